The number of ether oxygens (including phenoxy) is 1. The van der Waals surface area contributed by atoms with E-state index in [0.717, 1.165) is 0 Å². The first-order valence-electron chi connectivity index (χ1n) is 4.02. The van der Waals surface area contributed by atoms with E-state index in [1.165, 1.54) is 19.3 Å². The van der Waals surface area contributed by atoms with Crippen molar-refractivity contribution in [2.24, 2.45) is 11.8 Å². The Balaban J connectivity index is 2.03. The van der Waals surface area contributed by atoms with Crippen molar-refractivity contribution < 1.29 is 9.53 Å². The van der Waals surface area contributed by atoms with Crippen LogP contribution in [0.2, 0.25) is 0 Å². The number of rotatable bonds is 0. The van der Waals surface area contributed by atoms with Gasteiger partial charge < -0.3 is 4.74 Å². The van der Waals surface area contributed by atoms with Crippen LogP contribution in [0.25, 0.3) is 0 Å². The number of carbonyl (C=O) groups excluding carboxylic acids is 1. The standard InChI is InChI=1S/C8H12O2/c9-8-4-6-2-1-3-7(6)5-10-8/h6-7H,1-5H2/t6-,7+/m0/s1. The van der Waals surface area contributed by atoms with E-state index >= 15 is 0 Å². The van der Waals surface area contributed by atoms with Crippen LogP contribution in [0.1, 0.15) is 25.7 Å². The molecule has 0 aromatic heterocycles. The second-order valence-electron chi connectivity index (χ2n) is 3.34. The van der Waals surface area contributed by atoms with Crippen molar-refractivity contribution in [3.8, 4) is 0 Å². The summed E-state index contributed by atoms with van der Waals surface area (Å²) in [6.07, 6.45) is 4.51. The highest BCUT2D eigenvalue weighted by molar-refractivity contribution is 5.70. The molecule has 0 N–H and O–H groups in total. The number of cyclic esters (lactones) is 1. The van der Waals surface area contributed by atoms with E-state index in [1.807, 2.05) is 0 Å². The van der Waals surface area contributed by atoms with Gasteiger partial charge in [-0.05, 0) is 24.7 Å². The maximum atomic E-state index is 10.8. The maximum Gasteiger partial charge on any atom is 0.306 e. The van der Waals surface area contributed by atoms with Gasteiger partial charge in [-0.2, -0.15) is 0 Å². The van der Waals surface area contributed by atoms with E-state index in [1.54, 1.807) is 0 Å². The fourth-order valence-corrected chi connectivity index (χ4v) is 2.07. The molecule has 0 unspecified atom stereocenters. The second kappa shape index (κ2) is 2.26. The molecule has 2 aliphatic rings. The quantitative estimate of drug-likeness (QED) is 0.475. The van der Waals surface area contributed by atoms with Crippen molar-refractivity contribution in [1.82, 2.24) is 0 Å². The van der Waals surface area contributed by atoms with Crippen LogP contribution >= 0.6 is 0 Å². The molecular formula is C8H12O2. The molecule has 2 nitrogen and oxygen atoms in total. The summed E-state index contributed by atoms with van der Waals surface area (Å²) in [6.45, 7) is 0.698. The highest BCUT2D eigenvalue weighted by atomic mass is 16.5. The summed E-state index contributed by atoms with van der Waals surface area (Å²) in [5.41, 5.74) is 0. The minimum absolute atomic E-state index is 0.0168. The van der Waals surface area contributed by atoms with Crippen LogP contribution in [0.15, 0.2) is 0 Å². The average Bonchev–Trinajstić information content (AvgIpc) is 2.33. The van der Waals surface area contributed by atoms with Gasteiger partial charge in [0.25, 0.3) is 0 Å². The highest BCUT2D eigenvalue weighted by Gasteiger charge is 2.33. The van der Waals surface area contributed by atoms with Crippen molar-refractivity contribution in [3.63, 3.8) is 0 Å². The molecule has 2 rings (SSSR count). The van der Waals surface area contributed by atoms with E-state index in [2.05, 4.69) is 0 Å². The molecule has 0 radical (unpaired) electrons. The summed E-state index contributed by atoms with van der Waals surface area (Å²) < 4.78 is 4.95. The lowest BCUT2D eigenvalue weighted by molar-refractivity contribution is -0.151. The number of hydrogen-bond donors (Lipinski definition) is 0. The van der Waals surface area contributed by atoms with E-state index in [0.29, 0.717) is 24.9 Å². The number of fused-ring (bicyclic) bond motifs is 1. The molecule has 1 heterocycles. The van der Waals surface area contributed by atoms with Gasteiger partial charge in [-0.1, -0.05) is 6.42 Å². The number of esters is 1. The van der Waals surface area contributed by atoms with E-state index in [-0.39, 0.29) is 5.97 Å². The Morgan fingerprint density at radius 3 is 3.00 bits per heavy atom. The Hall–Kier alpha value is -0.530. The Bertz CT molecular complexity index is 153. The van der Waals surface area contributed by atoms with Gasteiger partial charge in [-0.15, -0.1) is 0 Å². The first-order chi connectivity index (χ1) is 4.86. The molecule has 2 atom stereocenters. The van der Waals surface area contributed by atoms with Gasteiger partial charge in [0.1, 0.15) is 0 Å². The fourth-order valence-electron chi connectivity index (χ4n) is 2.07. The highest BCUT2D eigenvalue weighted by Crippen LogP contribution is 2.36. The molecule has 2 heteroatoms. The normalized spacial score (nSPS) is 39.0. The maximum absolute atomic E-state index is 10.8. The van der Waals surface area contributed by atoms with Gasteiger partial charge in [-0.3, -0.25) is 4.79 Å². The van der Waals surface area contributed by atoms with Crippen LogP contribution in [0.5, 0.6) is 0 Å². The summed E-state index contributed by atoms with van der Waals surface area (Å²) in [4.78, 5) is 10.8. The molecule has 1 aliphatic carbocycles. The SMILES string of the molecule is O=C1C[C@@H]2CCC[C@@H]2CO1. The van der Waals surface area contributed by atoms with E-state index in [4.69, 9.17) is 4.74 Å². The Kier molecular flexibility index (Phi) is 1.40. The lowest BCUT2D eigenvalue weighted by atomic mass is 9.92. The first-order valence-corrected chi connectivity index (χ1v) is 4.02. The molecule has 0 aromatic rings. The lowest BCUT2D eigenvalue weighted by Crippen LogP contribution is -2.26. The first kappa shape index (κ1) is 6.20. The third kappa shape index (κ3) is 0.917. The second-order valence-corrected chi connectivity index (χ2v) is 3.34. The third-order valence-electron chi connectivity index (χ3n) is 2.70. The molecule has 56 valence electrons. The molecule has 0 amide bonds. The molecule has 2 fully saturated rings. The summed E-state index contributed by atoms with van der Waals surface area (Å²) in [5, 5.41) is 0. The Morgan fingerprint density at radius 1 is 1.30 bits per heavy atom. The smallest absolute Gasteiger partial charge is 0.306 e. The van der Waals surface area contributed by atoms with Crippen LogP contribution in [-0.2, 0) is 9.53 Å². The summed E-state index contributed by atoms with van der Waals surface area (Å²) in [6, 6.07) is 0. The molecule has 10 heavy (non-hydrogen) atoms. The van der Waals surface area contributed by atoms with Crippen LogP contribution in [-0.4, -0.2) is 12.6 Å². The van der Waals surface area contributed by atoms with Gasteiger partial charge in [0, 0.05) is 6.42 Å². The van der Waals surface area contributed by atoms with Crippen molar-refractivity contribution >= 4 is 5.97 Å². The van der Waals surface area contributed by atoms with Crippen LogP contribution < -0.4 is 0 Å². The topological polar surface area (TPSA) is 26.3 Å². The van der Waals surface area contributed by atoms with Crippen molar-refractivity contribution in [3.05, 3.63) is 0 Å². The number of carbonyl (C=O) groups is 1. The summed E-state index contributed by atoms with van der Waals surface area (Å²) in [5.74, 6) is 1.39. The van der Waals surface area contributed by atoms with Crippen molar-refractivity contribution in [1.29, 1.82) is 0 Å². The predicted molar refractivity (Wildman–Crippen MR) is 36.4 cm³/mol. The molecule has 1 saturated carbocycles. The summed E-state index contributed by atoms with van der Waals surface area (Å²) >= 11 is 0. The van der Waals surface area contributed by atoms with Crippen molar-refractivity contribution in [2.75, 3.05) is 6.61 Å². The van der Waals surface area contributed by atoms with Gasteiger partial charge in [0.2, 0.25) is 0 Å². The summed E-state index contributed by atoms with van der Waals surface area (Å²) in [7, 11) is 0. The Labute approximate surface area is 60.6 Å². The largest absolute Gasteiger partial charge is 0.465 e. The molecule has 1 aliphatic heterocycles. The zero-order valence-corrected chi connectivity index (χ0v) is 6.01. The molecule has 1 saturated heterocycles. The van der Waals surface area contributed by atoms with Crippen LogP contribution in [0.3, 0.4) is 0 Å². The van der Waals surface area contributed by atoms with Crippen molar-refractivity contribution in [2.45, 2.75) is 25.7 Å². The van der Waals surface area contributed by atoms with Gasteiger partial charge in [0.05, 0.1) is 6.61 Å². The minimum atomic E-state index is 0.0168. The van der Waals surface area contributed by atoms with Gasteiger partial charge in [0.15, 0.2) is 0 Å². The zero-order chi connectivity index (χ0) is 6.97. The third-order valence-corrected chi connectivity index (χ3v) is 2.70. The monoisotopic (exact) mass is 140 g/mol. The lowest BCUT2D eigenvalue weighted by Gasteiger charge is -2.23. The fraction of sp³-hybridized carbons (Fsp3) is 0.875. The molecule has 0 aromatic carbocycles. The Morgan fingerprint density at radius 2 is 2.10 bits per heavy atom. The molecule has 0 spiro atoms. The van der Waals surface area contributed by atoms with Gasteiger partial charge in [-0.25, -0.2) is 0 Å². The van der Waals surface area contributed by atoms with E-state index < -0.39 is 0 Å². The average molecular weight is 140 g/mol. The molecule has 0 bridgehead atoms. The predicted octanol–water partition coefficient (Wildman–Crippen LogP) is 1.35. The minimum Gasteiger partial charge on any atom is -0.465 e. The van der Waals surface area contributed by atoms with Gasteiger partial charge >= 0.3 is 5.97 Å². The van der Waals surface area contributed by atoms with E-state index in [9.17, 15) is 4.79 Å². The zero-order valence-electron chi connectivity index (χ0n) is 6.01. The van der Waals surface area contributed by atoms with Crippen LogP contribution in [0, 0.1) is 11.8 Å². The number of hydrogen-bond acceptors (Lipinski definition) is 2. The molecular weight excluding hydrogens is 128 g/mol. The van der Waals surface area contributed by atoms with Crippen LogP contribution in [0.4, 0.5) is 0 Å².